The van der Waals surface area contributed by atoms with Gasteiger partial charge in [0, 0.05) is 55.3 Å². The number of pyridine rings is 2. The van der Waals surface area contributed by atoms with E-state index in [0.29, 0.717) is 13.0 Å². The van der Waals surface area contributed by atoms with Crippen molar-refractivity contribution in [3.8, 4) is 11.4 Å². The van der Waals surface area contributed by atoms with Gasteiger partial charge >= 0.3 is 0 Å². The van der Waals surface area contributed by atoms with E-state index in [0.717, 1.165) is 42.0 Å². The number of hydrogen-bond acceptors (Lipinski definition) is 4. The molecule has 6 heteroatoms. The van der Waals surface area contributed by atoms with Crippen molar-refractivity contribution in [1.29, 1.82) is 0 Å². The minimum Gasteiger partial charge on any atom is -0.340 e. The lowest BCUT2D eigenvalue weighted by Crippen LogP contribution is -2.41. The number of aryl methyl sites for hydroxylation is 1. The van der Waals surface area contributed by atoms with E-state index < -0.39 is 0 Å². The molecule has 0 spiro atoms. The first-order valence-electron chi connectivity index (χ1n) is 9.33. The summed E-state index contributed by atoms with van der Waals surface area (Å²) in [5.41, 5.74) is 3.13. The molecule has 1 saturated heterocycles. The lowest BCUT2D eigenvalue weighted by Gasteiger charge is -2.35. The van der Waals surface area contributed by atoms with Crippen LogP contribution in [0.5, 0.6) is 0 Å². The number of piperidine rings is 1. The van der Waals surface area contributed by atoms with E-state index in [-0.39, 0.29) is 11.9 Å². The van der Waals surface area contributed by atoms with Crippen molar-refractivity contribution in [2.45, 2.75) is 32.2 Å². The Bertz CT molecular complexity index is 907. The first-order valence-corrected chi connectivity index (χ1v) is 9.33. The molecule has 0 saturated carbocycles. The maximum atomic E-state index is 12.8. The average molecular weight is 361 g/mol. The largest absolute Gasteiger partial charge is 0.340 e. The van der Waals surface area contributed by atoms with Crippen molar-refractivity contribution < 1.29 is 4.79 Å². The molecule has 1 aliphatic heterocycles. The number of carbonyl (C=O) groups excluding carboxylic acids is 1. The molecule has 1 unspecified atom stereocenters. The molecular formula is C21H23N5O. The van der Waals surface area contributed by atoms with Gasteiger partial charge in [-0.15, -0.1) is 0 Å². The van der Waals surface area contributed by atoms with Crippen molar-refractivity contribution in [3.05, 3.63) is 66.5 Å². The quantitative estimate of drug-likeness (QED) is 0.716. The number of rotatable bonds is 4. The average Bonchev–Trinajstić information content (AvgIpc) is 3.11. The molecule has 0 N–H and O–H groups in total. The highest BCUT2D eigenvalue weighted by Gasteiger charge is 2.27. The fourth-order valence-electron chi connectivity index (χ4n) is 3.79. The molecule has 0 bridgehead atoms. The van der Waals surface area contributed by atoms with Crippen LogP contribution in [0.2, 0.25) is 0 Å². The third-order valence-electron chi connectivity index (χ3n) is 5.12. The highest BCUT2D eigenvalue weighted by atomic mass is 16.2. The number of amides is 1. The van der Waals surface area contributed by atoms with Gasteiger partial charge in [0.25, 0.3) is 0 Å². The van der Waals surface area contributed by atoms with Crippen LogP contribution >= 0.6 is 0 Å². The van der Waals surface area contributed by atoms with Crippen LogP contribution in [-0.4, -0.2) is 43.4 Å². The Morgan fingerprint density at radius 3 is 2.78 bits per heavy atom. The molecule has 0 radical (unpaired) electrons. The van der Waals surface area contributed by atoms with Crippen molar-refractivity contribution in [2.24, 2.45) is 0 Å². The fraction of sp³-hybridized carbons (Fsp3) is 0.333. The molecule has 4 rings (SSSR count). The van der Waals surface area contributed by atoms with E-state index in [1.54, 1.807) is 18.6 Å². The van der Waals surface area contributed by atoms with E-state index in [1.165, 1.54) is 0 Å². The molecule has 1 amide bonds. The molecule has 6 nitrogen and oxygen atoms in total. The van der Waals surface area contributed by atoms with Gasteiger partial charge in [0.2, 0.25) is 5.91 Å². The molecule has 3 aromatic heterocycles. The second-order valence-electron chi connectivity index (χ2n) is 7.00. The topological polar surface area (TPSA) is 63.9 Å². The maximum Gasteiger partial charge on any atom is 0.227 e. The number of likely N-dealkylation sites (tertiary alicyclic amines) is 1. The Hall–Kier alpha value is -3.02. The zero-order valence-corrected chi connectivity index (χ0v) is 15.5. The Morgan fingerprint density at radius 1 is 1.15 bits per heavy atom. The summed E-state index contributed by atoms with van der Waals surface area (Å²) in [7, 11) is 0. The summed E-state index contributed by atoms with van der Waals surface area (Å²) in [6, 6.07) is 7.99. The number of hydrogen-bond donors (Lipinski definition) is 0. The summed E-state index contributed by atoms with van der Waals surface area (Å²) in [6.45, 7) is 3.61. The van der Waals surface area contributed by atoms with E-state index in [9.17, 15) is 4.79 Å². The van der Waals surface area contributed by atoms with Gasteiger partial charge in [0.1, 0.15) is 5.82 Å². The van der Waals surface area contributed by atoms with Gasteiger partial charge in [0.15, 0.2) is 0 Å². The van der Waals surface area contributed by atoms with Gasteiger partial charge in [-0.3, -0.25) is 14.8 Å². The highest BCUT2D eigenvalue weighted by molar-refractivity contribution is 5.78. The van der Waals surface area contributed by atoms with Crippen molar-refractivity contribution >= 4 is 5.91 Å². The van der Waals surface area contributed by atoms with Gasteiger partial charge in [-0.2, -0.15) is 0 Å². The van der Waals surface area contributed by atoms with E-state index >= 15 is 0 Å². The molecule has 0 aliphatic carbocycles. The molecule has 0 aromatic carbocycles. The summed E-state index contributed by atoms with van der Waals surface area (Å²) < 4.78 is 2.27. The van der Waals surface area contributed by atoms with Crippen LogP contribution in [-0.2, 0) is 11.2 Å². The highest BCUT2D eigenvalue weighted by Crippen LogP contribution is 2.29. The lowest BCUT2D eigenvalue weighted by molar-refractivity contribution is -0.132. The van der Waals surface area contributed by atoms with Crippen LogP contribution in [0.15, 0.2) is 55.2 Å². The normalized spacial score (nSPS) is 17.1. The summed E-state index contributed by atoms with van der Waals surface area (Å²) in [5.74, 6) is 1.10. The van der Waals surface area contributed by atoms with Crippen molar-refractivity contribution in [3.63, 3.8) is 0 Å². The van der Waals surface area contributed by atoms with Gasteiger partial charge in [0.05, 0.1) is 12.5 Å². The first-order chi connectivity index (χ1) is 13.2. The zero-order valence-electron chi connectivity index (χ0n) is 15.5. The molecule has 1 fully saturated rings. The molecule has 138 valence electrons. The molecule has 1 aliphatic rings. The Morgan fingerprint density at radius 2 is 2.00 bits per heavy atom. The van der Waals surface area contributed by atoms with Gasteiger partial charge in [-0.05, 0) is 49.6 Å². The van der Waals surface area contributed by atoms with Gasteiger partial charge in [-0.1, -0.05) is 0 Å². The van der Waals surface area contributed by atoms with Crippen LogP contribution in [0.4, 0.5) is 0 Å². The van der Waals surface area contributed by atoms with Gasteiger partial charge < -0.3 is 9.47 Å². The van der Waals surface area contributed by atoms with Crippen LogP contribution in [0, 0.1) is 6.92 Å². The van der Waals surface area contributed by atoms with Crippen molar-refractivity contribution in [1.82, 2.24) is 24.4 Å². The predicted molar refractivity (Wildman–Crippen MR) is 103 cm³/mol. The molecule has 3 aromatic rings. The summed E-state index contributed by atoms with van der Waals surface area (Å²) in [5, 5.41) is 0. The Kier molecular flexibility index (Phi) is 4.96. The number of carbonyl (C=O) groups is 1. The van der Waals surface area contributed by atoms with Crippen molar-refractivity contribution in [2.75, 3.05) is 13.1 Å². The molecular weight excluding hydrogens is 338 g/mol. The van der Waals surface area contributed by atoms with E-state index in [4.69, 9.17) is 0 Å². The van der Waals surface area contributed by atoms with Crippen LogP contribution in [0.3, 0.4) is 0 Å². The van der Waals surface area contributed by atoms with E-state index in [2.05, 4.69) is 26.4 Å². The third-order valence-corrected chi connectivity index (χ3v) is 5.12. The summed E-state index contributed by atoms with van der Waals surface area (Å²) >= 11 is 0. The SMILES string of the molecule is Cc1cnc(-c2cccnc2)n1C1CCCN(C(=O)Cc2ccncc2)C1. The molecule has 1 atom stereocenters. The van der Waals surface area contributed by atoms with Crippen LogP contribution in [0.25, 0.3) is 11.4 Å². The van der Waals surface area contributed by atoms with Crippen LogP contribution in [0.1, 0.15) is 30.1 Å². The monoisotopic (exact) mass is 361 g/mol. The minimum atomic E-state index is 0.173. The zero-order chi connectivity index (χ0) is 18.6. The smallest absolute Gasteiger partial charge is 0.227 e. The van der Waals surface area contributed by atoms with Crippen LogP contribution < -0.4 is 0 Å². The number of aromatic nitrogens is 4. The fourth-order valence-corrected chi connectivity index (χ4v) is 3.79. The minimum absolute atomic E-state index is 0.173. The second kappa shape index (κ2) is 7.70. The summed E-state index contributed by atoms with van der Waals surface area (Å²) in [6.07, 6.45) is 11.4. The first kappa shape index (κ1) is 17.4. The standard InChI is InChI=1S/C21H23N5O/c1-16-13-24-21(18-4-2-8-23-14-18)26(16)19-5-3-11-25(15-19)20(27)12-17-6-9-22-10-7-17/h2,4,6-10,13-14,19H,3,5,11-12,15H2,1H3. The maximum absolute atomic E-state index is 12.8. The molecule has 4 heterocycles. The second-order valence-corrected chi connectivity index (χ2v) is 7.00. The Labute approximate surface area is 158 Å². The van der Waals surface area contributed by atoms with Gasteiger partial charge in [-0.25, -0.2) is 4.98 Å². The Balaban J connectivity index is 1.54. The molecule has 27 heavy (non-hydrogen) atoms. The lowest BCUT2D eigenvalue weighted by atomic mass is 10.0. The number of nitrogens with zero attached hydrogens (tertiary/aromatic N) is 5. The third kappa shape index (κ3) is 3.74. The van der Waals surface area contributed by atoms with E-state index in [1.807, 2.05) is 41.6 Å². The summed E-state index contributed by atoms with van der Waals surface area (Å²) in [4.78, 5) is 27.6. The number of imidazole rings is 1. The predicted octanol–water partition coefficient (Wildman–Crippen LogP) is 3.05.